The number of imide groups is 2. The van der Waals surface area contributed by atoms with Gasteiger partial charge in [-0.2, -0.15) is 0 Å². The van der Waals surface area contributed by atoms with E-state index in [1.54, 1.807) is 0 Å². The molecule has 0 unspecified atom stereocenters. The average molecular weight is 424 g/mol. The summed E-state index contributed by atoms with van der Waals surface area (Å²) >= 11 is 0. The summed E-state index contributed by atoms with van der Waals surface area (Å²) in [4.78, 5) is 72.8. The van der Waals surface area contributed by atoms with Gasteiger partial charge in [0.1, 0.15) is 0 Å². The van der Waals surface area contributed by atoms with Crippen LogP contribution in [0.25, 0.3) is 0 Å². The predicted molar refractivity (Wildman–Crippen MR) is 102 cm³/mol. The molecule has 0 bridgehead atoms. The van der Waals surface area contributed by atoms with Crippen molar-refractivity contribution in [3.63, 3.8) is 0 Å². The summed E-state index contributed by atoms with van der Waals surface area (Å²) in [6.45, 7) is 1.11. The Hall–Kier alpha value is -4.48. The molecule has 4 rings (SSSR count). The summed E-state index contributed by atoms with van der Waals surface area (Å²) < 4.78 is 0. The zero-order valence-electron chi connectivity index (χ0n) is 15.8. The van der Waals surface area contributed by atoms with Crippen molar-refractivity contribution in [3.8, 4) is 0 Å². The minimum atomic E-state index is -0.941. The molecule has 0 fully saturated rings. The lowest BCUT2D eigenvalue weighted by Gasteiger charge is -2.26. The molecule has 156 valence electrons. The lowest BCUT2D eigenvalue weighted by molar-refractivity contribution is -0.385. The van der Waals surface area contributed by atoms with Gasteiger partial charge < -0.3 is 0 Å². The number of benzene rings is 2. The Morgan fingerprint density at radius 1 is 0.742 bits per heavy atom. The van der Waals surface area contributed by atoms with Gasteiger partial charge in [-0.25, -0.2) is 0 Å². The van der Waals surface area contributed by atoms with E-state index < -0.39 is 39.5 Å². The Kier molecular flexibility index (Phi) is 4.34. The third-order valence-electron chi connectivity index (χ3n) is 5.17. The van der Waals surface area contributed by atoms with Gasteiger partial charge in [0.05, 0.1) is 44.7 Å². The van der Waals surface area contributed by atoms with Crippen molar-refractivity contribution in [2.45, 2.75) is 13.0 Å². The fourth-order valence-electron chi connectivity index (χ4n) is 3.67. The number of fused-ring (bicyclic) bond motifs is 2. The highest BCUT2D eigenvalue weighted by atomic mass is 16.6. The molecule has 2 aromatic rings. The number of nitro groups is 2. The lowest BCUT2D eigenvalue weighted by Crippen LogP contribution is -2.46. The van der Waals surface area contributed by atoms with Gasteiger partial charge in [-0.3, -0.25) is 49.2 Å². The smallest absolute Gasteiger partial charge is 0.270 e. The molecule has 31 heavy (non-hydrogen) atoms. The van der Waals surface area contributed by atoms with Crippen molar-refractivity contribution in [1.82, 2.24) is 9.80 Å². The highest BCUT2D eigenvalue weighted by molar-refractivity contribution is 6.23. The summed E-state index contributed by atoms with van der Waals surface area (Å²) in [5.41, 5.74) is -0.997. The molecular formula is C19H12N4O8. The molecule has 0 aliphatic carbocycles. The minimum Gasteiger partial charge on any atom is -0.272 e. The van der Waals surface area contributed by atoms with Gasteiger partial charge in [-0.05, 0) is 19.1 Å². The first-order chi connectivity index (χ1) is 14.6. The van der Waals surface area contributed by atoms with E-state index in [0.29, 0.717) is 0 Å². The van der Waals surface area contributed by atoms with E-state index >= 15 is 0 Å². The largest absolute Gasteiger partial charge is 0.272 e. The maximum atomic E-state index is 12.7. The van der Waals surface area contributed by atoms with Crippen LogP contribution in [0.3, 0.4) is 0 Å². The number of amides is 4. The van der Waals surface area contributed by atoms with Gasteiger partial charge in [0.15, 0.2) is 0 Å². The van der Waals surface area contributed by atoms with Crippen molar-refractivity contribution >= 4 is 35.0 Å². The number of hydrogen-bond donors (Lipinski definition) is 0. The Balaban J connectivity index is 1.59. The van der Waals surface area contributed by atoms with E-state index in [4.69, 9.17) is 0 Å². The van der Waals surface area contributed by atoms with Gasteiger partial charge in [0, 0.05) is 24.3 Å². The Morgan fingerprint density at radius 3 is 1.68 bits per heavy atom. The van der Waals surface area contributed by atoms with Crippen LogP contribution in [0.1, 0.15) is 48.4 Å². The van der Waals surface area contributed by atoms with E-state index in [9.17, 15) is 39.4 Å². The number of carbonyl (C=O) groups excluding carboxylic acids is 4. The monoisotopic (exact) mass is 424 g/mol. The van der Waals surface area contributed by atoms with Crippen molar-refractivity contribution in [1.29, 1.82) is 0 Å². The van der Waals surface area contributed by atoms with Crippen LogP contribution in [0.2, 0.25) is 0 Å². The van der Waals surface area contributed by atoms with Gasteiger partial charge >= 0.3 is 0 Å². The highest BCUT2D eigenvalue weighted by Gasteiger charge is 2.43. The van der Waals surface area contributed by atoms with Crippen LogP contribution in [-0.2, 0) is 0 Å². The SMILES string of the molecule is C[C@@H](CN1C(=O)c2ccc([N+](=O)[O-])cc2C1=O)N1C(=O)c2ccc([N+](=O)[O-])cc2C1=O. The first-order valence-corrected chi connectivity index (χ1v) is 8.92. The first-order valence-electron chi connectivity index (χ1n) is 8.92. The van der Waals surface area contributed by atoms with Crippen LogP contribution in [-0.4, -0.2) is 55.9 Å². The topological polar surface area (TPSA) is 161 Å². The average Bonchev–Trinajstić information content (AvgIpc) is 3.12. The summed E-state index contributed by atoms with van der Waals surface area (Å²) in [7, 11) is 0. The molecule has 0 radical (unpaired) electrons. The lowest BCUT2D eigenvalue weighted by atomic mass is 10.1. The summed E-state index contributed by atoms with van der Waals surface area (Å²) in [6, 6.07) is 5.64. The second-order valence-corrected chi connectivity index (χ2v) is 7.02. The van der Waals surface area contributed by atoms with E-state index in [0.717, 1.165) is 34.1 Å². The quantitative estimate of drug-likeness (QED) is 0.398. The molecule has 2 heterocycles. The summed E-state index contributed by atoms with van der Waals surface area (Å²) in [5, 5.41) is 21.9. The third kappa shape index (κ3) is 2.92. The normalized spacial score (nSPS) is 15.9. The molecular weight excluding hydrogens is 412 g/mol. The van der Waals surface area contributed by atoms with Crippen LogP contribution < -0.4 is 0 Å². The number of rotatable bonds is 5. The van der Waals surface area contributed by atoms with E-state index in [1.807, 2.05) is 0 Å². The molecule has 0 aromatic heterocycles. The standard InChI is InChI=1S/C19H12N4O8/c1-9(21-18(26)13-5-3-11(23(30)31)7-15(13)19(21)27)8-20-16(24)12-4-2-10(22(28)29)6-14(12)17(20)25/h2-7,9H,8H2,1H3/t9-/m0/s1. The van der Waals surface area contributed by atoms with Crippen molar-refractivity contribution < 1.29 is 29.0 Å². The molecule has 0 N–H and O–H groups in total. The van der Waals surface area contributed by atoms with E-state index in [2.05, 4.69) is 0 Å². The molecule has 2 aliphatic rings. The zero-order chi connectivity index (χ0) is 22.6. The summed E-state index contributed by atoms with van der Waals surface area (Å²) in [6.07, 6.45) is 0. The molecule has 2 aliphatic heterocycles. The van der Waals surface area contributed by atoms with Gasteiger partial charge in [0.25, 0.3) is 35.0 Å². The highest BCUT2D eigenvalue weighted by Crippen LogP contribution is 2.30. The molecule has 12 nitrogen and oxygen atoms in total. The third-order valence-corrected chi connectivity index (χ3v) is 5.17. The number of nitro benzene ring substituents is 2. The Morgan fingerprint density at radius 2 is 1.16 bits per heavy atom. The van der Waals surface area contributed by atoms with Gasteiger partial charge in [0.2, 0.25) is 0 Å². The predicted octanol–water partition coefficient (Wildman–Crippen LogP) is 1.78. The van der Waals surface area contributed by atoms with Crippen molar-refractivity contribution in [2.24, 2.45) is 0 Å². The molecule has 1 atom stereocenters. The molecule has 0 saturated carbocycles. The fraction of sp³-hybridized carbons (Fsp3) is 0.158. The van der Waals surface area contributed by atoms with E-state index in [-0.39, 0.29) is 40.2 Å². The zero-order valence-corrected chi connectivity index (χ0v) is 15.8. The maximum absolute atomic E-state index is 12.7. The van der Waals surface area contributed by atoms with Gasteiger partial charge in [-0.15, -0.1) is 0 Å². The van der Waals surface area contributed by atoms with Crippen LogP contribution in [0, 0.1) is 20.2 Å². The van der Waals surface area contributed by atoms with Crippen LogP contribution in [0.15, 0.2) is 36.4 Å². The van der Waals surface area contributed by atoms with Crippen LogP contribution in [0.4, 0.5) is 11.4 Å². The molecule has 2 aromatic carbocycles. The second kappa shape index (κ2) is 6.79. The van der Waals surface area contributed by atoms with Crippen molar-refractivity contribution in [3.05, 3.63) is 78.9 Å². The Labute approximate surface area is 173 Å². The van der Waals surface area contributed by atoms with E-state index in [1.165, 1.54) is 19.1 Å². The second-order valence-electron chi connectivity index (χ2n) is 7.02. The number of non-ortho nitro benzene ring substituents is 2. The molecule has 4 amide bonds. The number of nitrogens with zero attached hydrogens (tertiary/aromatic N) is 4. The molecule has 0 spiro atoms. The van der Waals surface area contributed by atoms with Gasteiger partial charge in [-0.1, -0.05) is 0 Å². The Bertz CT molecular complexity index is 1240. The molecule has 0 saturated heterocycles. The first kappa shape index (κ1) is 19.8. The fourth-order valence-corrected chi connectivity index (χ4v) is 3.67. The number of hydrogen-bond acceptors (Lipinski definition) is 8. The minimum absolute atomic E-state index is 0.0132. The number of carbonyl (C=O) groups is 4. The maximum Gasteiger partial charge on any atom is 0.270 e. The van der Waals surface area contributed by atoms with Crippen LogP contribution >= 0.6 is 0 Å². The summed E-state index contributed by atoms with van der Waals surface area (Å²) in [5.74, 6) is -2.95. The van der Waals surface area contributed by atoms with Crippen LogP contribution in [0.5, 0.6) is 0 Å². The molecule has 12 heteroatoms. The van der Waals surface area contributed by atoms with Crippen molar-refractivity contribution in [2.75, 3.05) is 6.54 Å².